The predicted octanol–water partition coefficient (Wildman–Crippen LogP) is 4.62. The molecule has 2 aliphatic heterocycles. The van der Waals surface area contributed by atoms with Crippen LogP contribution in [0.2, 0.25) is 0 Å². The molecule has 0 radical (unpaired) electrons. The van der Waals surface area contributed by atoms with Crippen molar-refractivity contribution in [2.75, 3.05) is 26.7 Å². The minimum atomic E-state index is -0.338. The second-order valence-corrected chi connectivity index (χ2v) is 9.03. The van der Waals surface area contributed by atoms with E-state index in [0.717, 1.165) is 37.9 Å². The Bertz CT molecular complexity index is 802. The van der Waals surface area contributed by atoms with E-state index in [1.54, 1.807) is 6.07 Å². The summed E-state index contributed by atoms with van der Waals surface area (Å²) >= 11 is 6.14. The van der Waals surface area contributed by atoms with Gasteiger partial charge in [0.05, 0.1) is 5.03 Å². The van der Waals surface area contributed by atoms with Crippen molar-refractivity contribution in [1.29, 1.82) is 0 Å². The lowest BCUT2D eigenvalue weighted by atomic mass is 9.89. The van der Waals surface area contributed by atoms with Crippen LogP contribution >= 0.6 is 11.6 Å². The Morgan fingerprint density at radius 1 is 1.33 bits per heavy atom. The van der Waals surface area contributed by atoms with Gasteiger partial charge >= 0.3 is 0 Å². The highest BCUT2D eigenvalue weighted by molar-refractivity contribution is 6.31. The first-order chi connectivity index (χ1) is 14.4. The van der Waals surface area contributed by atoms with E-state index in [1.807, 2.05) is 35.4 Å². The van der Waals surface area contributed by atoms with Crippen molar-refractivity contribution < 1.29 is 9.18 Å². The Labute approximate surface area is 184 Å². The van der Waals surface area contributed by atoms with Crippen LogP contribution in [0.3, 0.4) is 0 Å². The maximum absolute atomic E-state index is 14.8. The van der Waals surface area contributed by atoms with Crippen LogP contribution in [0.25, 0.3) is 0 Å². The van der Waals surface area contributed by atoms with Gasteiger partial charge in [0.15, 0.2) is 0 Å². The van der Waals surface area contributed by atoms with Gasteiger partial charge in [0.25, 0.3) is 0 Å². The summed E-state index contributed by atoms with van der Waals surface area (Å²) < 4.78 is 14.8. The molecule has 3 rings (SSSR count). The largest absolute Gasteiger partial charge is 0.360 e. The van der Waals surface area contributed by atoms with Crippen LogP contribution in [0.4, 0.5) is 4.39 Å². The van der Waals surface area contributed by atoms with E-state index in [-0.39, 0.29) is 30.2 Å². The summed E-state index contributed by atoms with van der Waals surface area (Å²) in [5.41, 5.74) is 1.59. The number of hydrogen-bond acceptors (Lipinski definition) is 3. The van der Waals surface area contributed by atoms with Crippen LogP contribution in [0, 0.1) is 11.7 Å². The number of benzene rings is 1. The molecule has 0 bridgehead atoms. The molecule has 30 heavy (non-hydrogen) atoms. The molecule has 2 unspecified atom stereocenters. The molecule has 6 heteroatoms. The number of rotatable bonds is 7. The lowest BCUT2D eigenvalue weighted by Crippen LogP contribution is -2.48. The molecule has 0 aliphatic carbocycles. The van der Waals surface area contributed by atoms with Gasteiger partial charge in [0.1, 0.15) is 11.9 Å². The molecular weight excluding hydrogens is 401 g/mol. The smallest absolute Gasteiger partial charge is 0.243 e. The topological polar surface area (TPSA) is 35.6 Å². The van der Waals surface area contributed by atoms with E-state index in [0.29, 0.717) is 23.1 Å². The summed E-state index contributed by atoms with van der Waals surface area (Å²) in [6.07, 6.45) is 8.58. The molecule has 2 heterocycles. The molecule has 0 saturated carbocycles. The summed E-state index contributed by atoms with van der Waals surface area (Å²) in [6, 6.07) is 5.16. The zero-order chi connectivity index (χ0) is 21.7. The molecule has 1 fully saturated rings. The maximum atomic E-state index is 14.8. The fourth-order valence-corrected chi connectivity index (χ4v) is 4.50. The number of nitrogens with one attached hydrogen (secondary N) is 1. The number of carbonyl (C=O) groups is 1. The van der Waals surface area contributed by atoms with Gasteiger partial charge in [-0.15, -0.1) is 0 Å². The fraction of sp³-hybridized carbons (Fsp3) is 0.542. The molecule has 1 aromatic rings. The molecule has 4 nitrogen and oxygen atoms in total. The van der Waals surface area contributed by atoms with Gasteiger partial charge in [-0.05, 0) is 62.5 Å². The van der Waals surface area contributed by atoms with E-state index < -0.39 is 0 Å². The number of allylic oxidation sites excluding steroid dienone is 2. The Morgan fingerprint density at radius 2 is 2.07 bits per heavy atom. The minimum absolute atomic E-state index is 0.0980. The third-order valence-corrected chi connectivity index (χ3v) is 6.64. The monoisotopic (exact) mass is 433 g/mol. The zero-order valence-electron chi connectivity index (χ0n) is 18.2. The van der Waals surface area contributed by atoms with Gasteiger partial charge in [0, 0.05) is 24.9 Å². The van der Waals surface area contributed by atoms with Crippen LogP contribution < -0.4 is 5.32 Å². The third kappa shape index (κ3) is 5.64. The molecule has 2 atom stereocenters. The van der Waals surface area contributed by atoms with E-state index in [1.165, 1.54) is 0 Å². The number of piperidine rings is 1. The number of likely N-dealkylation sites (tertiary alicyclic amines) is 1. The standard InChI is InChI=1S/C24H33ClFN3O/c1-4-17(2)23(29-11-5-6-21(25)16-29)24(30)27-15-20-8-7-19(14-22(20)26)18-9-12-28(3)13-10-18/h5-8,14,16-18,23H,4,9-13,15H2,1-3H3,(H,27,30). The summed E-state index contributed by atoms with van der Waals surface area (Å²) in [6.45, 7) is 7.04. The zero-order valence-corrected chi connectivity index (χ0v) is 19.0. The third-order valence-electron chi connectivity index (χ3n) is 6.41. The first kappa shape index (κ1) is 22.8. The van der Waals surface area contributed by atoms with Crippen molar-refractivity contribution in [3.8, 4) is 0 Å². The van der Waals surface area contributed by atoms with Crippen molar-refractivity contribution in [1.82, 2.24) is 15.1 Å². The van der Waals surface area contributed by atoms with Gasteiger partial charge in [-0.3, -0.25) is 4.79 Å². The molecule has 164 valence electrons. The van der Waals surface area contributed by atoms with Crippen LogP contribution in [-0.2, 0) is 11.3 Å². The Hall–Kier alpha value is -1.85. The molecule has 1 saturated heterocycles. The van der Waals surface area contributed by atoms with Crippen molar-refractivity contribution in [2.45, 2.75) is 51.6 Å². The Balaban J connectivity index is 1.64. The Kier molecular flexibility index (Phi) is 7.95. The summed E-state index contributed by atoms with van der Waals surface area (Å²) in [7, 11) is 2.12. The number of nitrogens with zero attached hydrogens (tertiary/aromatic N) is 2. The van der Waals surface area contributed by atoms with Gasteiger partial charge in [-0.2, -0.15) is 0 Å². The highest BCUT2D eigenvalue weighted by Gasteiger charge is 2.29. The van der Waals surface area contributed by atoms with Crippen LogP contribution in [0.15, 0.2) is 41.6 Å². The number of hydrogen-bond donors (Lipinski definition) is 1. The summed E-state index contributed by atoms with van der Waals surface area (Å²) in [4.78, 5) is 17.3. The van der Waals surface area contributed by atoms with E-state index in [9.17, 15) is 9.18 Å². The van der Waals surface area contributed by atoms with Crippen LogP contribution in [-0.4, -0.2) is 48.4 Å². The number of amides is 1. The lowest BCUT2D eigenvalue weighted by molar-refractivity contribution is -0.127. The van der Waals surface area contributed by atoms with Gasteiger partial charge < -0.3 is 15.1 Å². The van der Waals surface area contributed by atoms with Crippen LogP contribution in [0.1, 0.15) is 50.2 Å². The van der Waals surface area contributed by atoms with Gasteiger partial charge in [-0.1, -0.05) is 50.1 Å². The quantitative estimate of drug-likeness (QED) is 0.681. The number of halogens is 2. The predicted molar refractivity (Wildman–Crippen MR) is 121 cm³/mol. The van der Waals surface area contributed by atoms with E-state index in [2.05, 4.69) is 31.1 Å². The van der Waals surface area contributed by atoms with Crippen molar-refractivity contribution in [2.24, 2.45) is 5.92 Å². The van der Waals surface area contributed by atoms with Crippen LogP contribution in [0.5, 0.6) is 0 Å². The van der Waals surface area contributed by atoms with Crippen molar-refractivity contribution in [3.05, 3.63) is 58.5 Å². The normalized spacial score (nSPS) is 20.0. The van der Waals surface area contributed by atoms with E-state index in [4.69, 9.17) is 11.6 Å². The average molecular weight is 434 g/mol. The molecule has 1 amide bonds. The maximum Gasteiger partial charge on any atom is 0.243 e. The van der Waals surface area contributed by atoms with Crippen molar-refractivity contribution >= 4 is 17.5 Å². The second kappa shape index (κ2) is 10.5. The number of carbonyl (C=O) groups excluding carboxylic acids is 1. The minimum Gasteiger partial charge on any atom is -0.360 e. The molecule has 0 spiro atoms. The molecule has 1 aromatic carbocycles. The van der Waals surface area contributed by atoms with Gasteiger partial charge in [0.2, 0.25) is 5.91 Å². The second-order valence-electron chi connectivity index (χ2n) is 8.59. The van der Waals surface area contributed by atoms with E-state index >= 15 is 0 Å². The summed E-state index contributed by atoms with van der Waals surface area (Å²) in [5.74, 6) is 0.224. The SMILES string of the molecule is CCC(C)C(C(=O)NCc1ccc(C2CCN(C)CC2)cc1F)N1C=C(Cl)C=CC1. The van der Waals surface area contributed by atoms with Crippen molar-refractivity contribution in [3.63, 3.8) is 0 Å². The molecule has 2 aliphatic rings. The van der Waals surface area contributed by atoms with Gasteiger partial charge in [-0.25, -0.2) is 4.39 Å². The first-order valence-electron chi connectivity index (χ1n) is 10.9. The average Bonchev–Trinajstić information content (AvgIpc) is 2.73. The highest BCUT2D eigenvalue weighted by Crippen LogP contribution is 2.28. The molecule has 0 aromatic heterocycles. The highest BCUT2D eigenvalue weighted by atomic mass is 35.5. The Morgan fingerprint density at radius 3 is 2.70 bits per heavy atom. The molecular formula is C24H33ClFN3O. The molecule has 1 N–H and O–H groups in total. The summed E-state index contributed by atoms with van der Waals surface area (Å²) in [5, 5.41) is 3.56. The fourth-order valence-electron chi connectivity index (χ4n) is 4.28. The lowest BCUT2D eigenvalue weighted by Gasteiger charge is -2.34. The first-order valence-corrected chi connectivity index (χ1v) is 11.3.